The molecule has 5 heteroatoms. The average molecular weight is 392 g/mol. The Morgan fingerprint density at radius 1 is 0.897 bits per heavy atom. The van der Waals surface area contributed by atoms with Crippen LogP contribution in [0.15, 0.2) is 53.7 Å². The monoisotopic (exact) mass is 391 g/mol. The van der Waals surface area contributed by atoms with Crippen LogP contribution in [0, 0.1) is 0 Å². The van der Waals surface area contributed by atoms with Gasteiger partial charge in [-0.2, -0.15) is 0 Å². The molecule has 0 bridgehead atoms. The van der Waals surface area contributed by atoms with Crippen molar-refractivity contribution >= 4 is 23.2 Å². The maximum Gasteiger partial charge on any atom is 0.445 e. The number of fused-ring (bicyclic) bond motifs is 2. The summed E-state index contributed by atoms with van der Waals surface area (Å²) in [5.41, 5.74) is 4.74. The molecule has 2 aliphatic heterocycles. The Morgan fingerprint density at radius 3 is 1.90 bits per heavy atom. The number of para-hydroxylation sites is 2. The molecule has 0 radical (unpaired) electrons. The van der Waals surface area contributed by atoms with E-state index in [4.69, 9.17) is 4.84 Å². The van der Waals surface area contributed by atoms with Gasteiger partial charge >= 0.3 is 6.09 Å². The smallest absolute Gasteiger partial charge is 0.306 e. The number of nitrogens with one attached hydrogen (secondary N) is 1. The van der Waals surface area contributed by atoms with Crippen LogP contribution in [0.4, 0.5) is 16.2 Å². The first-order valence-electron chi connectivity index (χ1n) is 10.3. The van der Waals surface area contributed by atoms with Crippen LogP contribution in [0.1, 0.15) is 51.7 Å². The molecule has 152 valence electrons. The summed E-state index contributed by atoms with van der Waals surface area (Å²) in [5.74, 6) is 0. The summed E-state index contributed by atoms with van der Waals surface area (Å²) < 4.78 is 0. The number of carbonyl (C=O) groups excluding carboxylic acids is 1. The quantitative estimate of drug-likeness (QED) is 0.526. The number of amides is 1. The van der Waals surface area contributed by atoms with Gasteiger partial charge in [-0.1, -0.05) is 41.6 Å². The van der Waals surface area contributed by atoms with E-state index >= 15 is 0 Å². The molecule has 0 saturated carbocycles. The molecule has 1 N–H and O–H groups in total. The lowest BCUT2D eigenvalue weighted by Crippen LogP contribution is -2.58. The molecule has 1 saturated heterocycles. The molecule has 0 aromatic heterocycles. The number of rotatable bonds is 1. The molecular weight excluding hydrogens is 362 g/mol. The zero-order valence-electron chi connectivity index (χ0n) is 17.7. The lowest BCUT2D eigenvalue weighted by molar-refractivity contribution is 0.157. The lowest BCUT2D eigenvalue weighted by Gasteiger charge is -2.42. The number of hydrogen-bond acceptors (Lipinski definition) is 4. The van der Waals surface area contributed by atoms with Crippen molar-refractivity contribution < 1.29 is 9.63 Å². The van der Waals surface area contributed by atoms with Crippen LogP contribution in [0.5, 0.6) is 0 Å². The van der Waals surface area contributed by atoms with Crippen LogP contribution in [0.2, 0.25) is 0 Å². The fourth-order valence-corrected chi connectivity index (χ4v) is 4.77. The fraction of sp³-hybridized carbons (Fsp3) is 0.417. The Morgan fingerprint density at radius 2 is 1.38 bits per heavy atom. The van der Waals surface area contributed by atoms with Gasteiger partial charge in [0.05, 0.1) is 17.1 Å². The van der Waals surface area contributed by atoms with Gasteiger partial charge in [-0.25, -0.2) is 9.69 Å². The highest BCUT2D eigenvalue weighted by molar-refractivity contribution is 5.98. The summed E-state index contributed by atoms with van der Waals surface area (Å²) in [5, 5.41) is 7.93. The molecule has 0 unspecified atom stereocenters. The molecule has 2 aromatic carbocycles. The van der Waals surface area contributed by atoms with Crippen LogP contribution in [0.25, 0.3) is 0 Å². The Balaban J connectivity index is 1.65. The molecular formula is C24H29N3O2. The number of oxime groups is 1. The number of aryl methyl sites for hydroxylation is 2. The van der Waals surface area contributed by atoms with Gasteiger partial charge in [0.25, 0.3) is 0 Å². The van der Waals surface area contributed by atoms with E-state index in [1.807, 2.05) is 36.4 Å². The standard InChI is InChI=1S/C24H29N3O2/c1-23(2)15-19(16-24(3,4)26-23)25-29-22(28)27-20-11-7-5-9-17(20)13-14-18-10-6-8-12-21(18)27/h5-12,26H,13-16H2,1-4H3. The summed E-state index contributed by atoms with van der Waals surface area (Å²) in [4.78, 5) is 20.4. The van der Waals surface area contributed by atoms with Gasteiger partial charge in [0.15, 0.2) is 0 Å². The Bertz CT molecular complexity index is 897. The van der Waals surface area contributed by atoms with Crippen molar-refractivity contribution in [2.75, 3.05) is 4.90 Å². The fourth-order valence-electron chi connectivity index (χ4n) is 4.77. The number of carbonyl (C=O) groups is 1. The number of hydrogen-bond donors (Lipinski definition) is 1. The van der Waals surface area contributed by atoms with Crippen molar-refractivity contribution in [2.45, 2.75) is 64.5 Å². The summed E-state index contributed by atoms with van der Waals surface area (Å²) in [6, 6.07) is 16.0. The zero-order chi connectivity index (χ0) is 20.6. The first-order valence-corrected chi connectivity index (χ1v) is 10.3. The van der Waals surface area contributed by atoms with E-state index in [0.717, 1.165) is 53.9 Å². The Hall–Kier alpha value is -2.66. The summed E-state index contributed by atoms with van der Waals surface area (Å²) >= 11 is 0. The molecule has 29 heavy (non-hydrogen) atoms. The van der Waals surface area contributed by atoms with Crippen LogP contribution in [-0.4, -0.2) is 22.9 Å². The molecule has 1 fully saturated rings. The molecule has 2 aliphatic rings. The number of anilines is 2. The predicted octanol–water partition coefficient (Wildman–Crippen LogP) is 5.36. The highest BCUT2D eigenvalue weighted by Gasteiger charge is 2.36. The van der Waals surface area contributed by atoms with Crippen LogP contribution in [0.3, 0.4) is 0 Å². The lowest BCUT2D eigenvalue weighted by atomic mass is 9.81. The third-order valence-corrected chi connectivity index (χ3v) is 5.53. The first-order chi connectivity index (χ1) is 13.7. The van der Waals surface area contributed by atoms with E-state index in [1.165, 1.54) is 0 Å². The third-order valence-electron chi connectivity index (χ3n) is 5.53. The van der Waals surface area contributed by atoms with Gasteiger partial charge in [-0.3, -0.25) is 4.84 Å². The second-order valence-corrected chi connectivity index (χ2v) is 9.35. The van der Waals surface area contributed by atoms with Crippen LogP contribution >= 0.6 is 0 Å². The van der Waals surface area contributed by atoms with E-state index in [1.54, 1.807) is 4.90 Å². The summed E-state index contributed by atoms with van der Waals surface area (Å²) in [7, 11) is 0. The van der Waals surface area contributed by atoms with Crippen molar-refractivity contribution in [3.8, 4) is 0 Å². The minimum Gasteiger partial charge on any atom is -0.306 e. The second kappa shape index (κ2) is 7.30. The summed E-state index contributed by atoms with van der Waals surface area (Å²) in [6.45, 7) is 8.58. The molecule has 0 aliphatic carbocycles. The number of benzene rings is 2. The number of piperidine rings is 1. The molecule has 4 rings (SSSR count). The SMILES string of the molecule is CC1(C)CC(=NOC(=O)N2c3ccccc3CCc3ccccc32)CC(C)(C)N1. The molecule has 2 heterocycles. The third kappa shape index (κ3) is 4.20. The summed E-state index contributed by atoms with van der Waals surface area (Å²) in [6.07, 6.45) is 2.81. The molecule has 2 aromatic rings. The molecule has 5 nitrogen and oxygen atoms in total. The van der Waals surface area contributed by atoms with Crippen molar-refractivity contribution in [2.24, 2.45) is 5.16 Å². The normalized spacial score (nSPS) is 19.6. The molecule has 1 amide bonds. The Labute approximate surface area is 172 Å². The minimum atomic E-state index is -0.464. The zero-order valence-corrected chi connectivity index (χ0v) is 17.7. The minimum absolute atomic E-state index is 0.0885. The second-order valence-electron chi connectivity index (χ2n) is 9.35. The van der Waals surface area contributed by atoms with Crippen LogP contribution in [-0.2, 0) is 17.7 Å². The van der Waals surface area contributed by atoms with Crippen molar-refractivity contribution in [3.05, 3.63) is 59.7 Å². The van der Waals surface area contributed by atoms with Gasteiger partial charge in [0.1, 0.15) is 0 Å². The Kier molecular flexibility index (Phi) is 4.95. The van der Waals surface area contributed by atoms with E-state index in [0.29, 0.717) is 0 Å². The van der Waals surface area contributed by atoms with E-state index < -0.39 is 6.09 Å². The van der Waals surface area contributed by atoms with Gasteiger partial charge in [-0.05, 0) is 63.8 Å². The van der Waals surface area contributed by atoms with E-state index in [2.05, 4.69) is 50.3 Å². The van der Waals surface area contributed by atoms with Gasteiger partial charge in [0, 0.05) is 23.9 Å². The van der Waals surface area contributed by atoms with Gasteiger partial charge in [-0.15, -0.1) is 0 Å². The van der Waals surface area contributed by atoms with Crippen molar-refractivity contribution in [3.63, 3.8) is 0 Å². The largest absolute Gasteiger partial charge is 0.445 e. The van der Waals surface area contributed by atoms with Gasteiger partial charge in [0.2, 0.25) is 0 Å². The van der Waals surface area contributed by atoms with Crippen molar-refractivity contribution in [1.82, 2.24) is 5.32 Å². The topological polar surface area (TPSA) is 53.9 Å². The van der Waals surface area contributed by atoms with Gasteiger partial charge < -0.3 is 5.32 Å². The van der Waals surface area contributed by atoms with Crippen LogP contribution < -0.4 is 10.2 Å². The maximum absolute atomic E-state index is 13.2. The number of nitrogens with zero attached hydrogens (tertiary/aromatic N) is 2. The average Bonchev–Trinajstić information content (AvgIpc) is 2.80. The highest BCUT2D eigenvalue weighted by atomic mass is 16.7. The molecule has 0 atom stereocenters. The first kappa shape index (κ1) is 19.6. The molecule has 0 spiro atoms. The van der Waals surface area contributed by atoms with Crippen molar-refractivity contribution in [1.29, 1.82) is 0 Å². The van der Waals surface area contributed by atoms with E-state index in [-0.39, 0.29) is 11.1 Å². The van der Waals surface area contributed by atoms with E-state index in [9.17, 15) is 4.79 Å². The predicted molar refractivity (Wildman–Crippen MR) is 117 cm³/mol. The highest BCUT2D eigenvalue weighted by Crippen LogP contribution is 2.36. The maximum atomic E-state index is 13.2.